The number of hydrogen-bond acceptors (Lipinski definition) is 2. The van der Waals surface area contributed by atoms with E-state index in [9.17, 15) is 4.79 Å². The van der Waals surface area contributed by atoms with E-state index in [0.29, 0.717) is 5.69 Å². The monoisotopic (exact) mass is 257 g/mol. The average Bonchev–Trinajstić information content (AvgIpc) is 2.16. The topological polar surface area (TPSA) is 49.6 Å². The second kappa shape index (κ2) is 4.43. The molecule has 0 aromatic heterocycles. The van der Waals surface area contributed by atoms with Crippen molar-refractivity contribution >= 4 is 27.6 Å². The molecule has 1 aromatic carbocycles. The van der Waals surface area contributed by atoms with Gasteiger partial charge in [0.2, 0.25) is 0 Å². The fourth-order valence-corrected chi connectivity index (χ4v) is 1.19. The van der Waals surface area contributed by atoms with E-state index in [4.69, 9.17) is 5.84 Å². The molecule has 1 aromatic rings. The molecule has 1 rings (SSSR count). The largest absolute Gasteiger partial charge is 0.338 e. The van der Waals surface area contributed by atoms with Crippen molar-refractivity contribution in [2.75, 3.05) is 19.1 Å². The van der Waals surface area contributed by atoms with Crippen LogP contribution in [0.5, 0.6) is 0 Å². The number of nitrogens with two attached hydrogens (primary N) is 1. The molecule has 0 aliphatic carbocycles. The molecule has 5 heteroatoms. The number of amides is 2. The highest BCUT2D eigenvalue weighted by Crippen LogP contribution is 2.16. The van der Waals surface area contributed by atoms with Gasteiger partial charge < -0.3 is 4.90 Å². The van der Waals surface area contributed by atoms with Crippen molar-refractivity contribution in [3.05, 3.63) is 28.7 Å². The van der Waals surface area contributed by atoms with Gasteiger partial charge in [-0.15, -0.1) is 0 Å². The summed E-state index contributed by atoms with van der Waals surface area (Å²) in [5.74, 6) is 5.62. The lowest BCUT2D eigenvalue weighted by molar-refractivity contribution is 0.224. The van der Waals surface area contributed by atoms with Crippen LogP contribution in [0.2, 0.25) is 0 Å². The summed E-state index contributed by atoms with van der Waals surface area (Å²) in [7, 11) is 3.31. The standard InChI is InChI=1S/C9H12BrN3O/c1-12(2)9(14)13(11)8-5-3-7(10)4-6-8/h3-6H,11H2,1-2H3. The Labute approximate surface area is 91.4 Å². The quantitative estimate of drug-likeness (QED) is 0.474. The third-order valence-electron chi connectivity index (χ3n) is 1.69. The zero-order valence-electron chi connectivity index (χ0n) is 8.07. The van der Waals surface area contributed by atoms with Gasteiger partial charge in [-0.1, -0.05) is 15.9 Å². The Balaban J connectivity index is 2.84. The SMILES string of the molecule is CN(C)C(=O)N(N)c1ccc(Br)cc1. The molecule has 0 saturated carbocycles. The van der Waals surface area contributed by atoms with Crippen molar-refractivity contribution in [1.29, 1.82) is 0 Å². The van der Waals surface area contributed by atoms with Crippen molar-refractivity contribution in [3.63, 3.8) is 0 Å². The number of benzene rings is 1. The highest BCUT2D eigenvalue weighted by molar-refractivity contribution is 9.10. The Morgan fingerprint density at radius 1 is 1.29 bits per heavy atom. The van der Waals surface area contributed by atoms with Crippen LogP contribution in [0.4, 0.5) is 10.5 Å². The van der Waals surface area contributed by atoms with Crippen LogP contribution in [0, 0.1) is 0 Å². The van der Waals surface area contributed by atoms with Gasteiger partial charge >= 0.3 is 6.03 Å². The summed E-state index contributed by atoms with van der Waals surface area (Å²) in [4.78, 5) is 12.9. The maximum Gasteiger partial charge on any atom is 0.338 e. The number of carbonyl (C=O) groups excluding carboxylic acids is 1. The zero-order chi connectivity index (χ0) is 10.7. The van der Waals surface area contributed by atoms with Crippen molar-refractivity contribution in [1.82, 2.24) is 4.90 Å². The molecule has 0 unspecified atom stereocenters. The number of hydrazine groups is 1. The number of anilines is 1. The molecule has 0 aliphatic heterocycles. The minimum Gasteiger partial charge on any atom is -0.329 e. The van der Waals surface area contributed by atoms with E-state index >= 15 is 0 Å². The molecule has 14 heavy (non-hydrogen) atoms. The van der Waals surface area contributed by atoms with E-state index in [1.807, 2.05) is 12.1 Å². The Hall–Kier alpha value is -1.07. The second-order valence-corrected chi connectivity index (χ2v) is 3.94. The zero-order valence-corrected chi connectivity index (χ0v) is 9.65. The molecule has 2 amide bonds. The molecule has 0 atom stereocenters. The van der Waals surface area contributed by atoms with Gasteiger partial charge in [0, 0.05) is 18.6 Å². The fourth-order valence-electron chi connectivity index (χ4n) is 0.928. The van der Waals surface area contributed by atoms with Crippen LogP contribution in [0.25, 0.3) is 0 Å². The molecule has 0 fully saturated rings. The molecule has 0 spiro atoms. The molecular weight excluding hydrogens is 246 g/mol. The van der Waals surface area contributed by atoms with Gasteiger partial charge in [0.15, 0.2) is 0 Å². The predicted molar refractivity (Wildman–Crippen MR) is 59.9 cm³/mol. The summed E-state index contributed by atoms with van der Waals surface area (Å²) in [6.45, 7) is 0. The minimum atomic E-state index is -0.257. The van der Waals surface area contributed by atoms with Crippen LogP contribution in [0.15, 0.2) is 28.7 Å². The van der Waals surface area contributed by atoms with E-state index in [1.54, 1.807) is 26.2 Å². The third-order valence-corrected chi connectivity index (χ3v) is 2.22. The lowest BCUT2D eigenvalue weighted by Gasteiger charge is -2.20. The second-order valence-electron chi connectivity index (χ2n) is 3.02. The summed E-state index contributed by atoms with van der Waals surface area (Å²) < 4.78 is 0.951. The molecule has 0 radical (unpaired) electrons. The average molecular weight is 258 g/mol. The number of rotatable bonds is 1. The molecule has 0 aliphatic rings. The highest BCUT2D eigenvalue weighted by atomic mass is 79.9. The van der Waals surface area contributed by atoms with Gasteiger partial charge in [0.05, 0.1) is 5.69 Å². The van der Waals surface area contributed by atoms with Crippen LogP contribution < -0.4 is 10.9 Å². The van der Waals surface area contributed by atoms with Crippen molar-refractivity contribution in [2.24, 2.45) is 5.84 Å². The normalized spacial score (nSPS) is 9.71. The summed E-state index contributed by atoms with van der Waals surface area (Å²) in [5.41, 5.74) is 0.659. The number of halogens is 1. The molecule has 76 valence electrons. The van der Waals surface area contributed by atoms with E-state index in [1.165, 1.54) is 4.90 Å². The van der Waals surface area contributed by atoms with Gasteiger partial charge in [0.1, 0.15) is 0 Å². The van der Waals surface area contributed by atoms with Gasteiger partial charge in [-0.2, -0.15) is 0 Å². The van der Waals surface area contributed by atoms with E-state index < -0.39 is 0 Å². The Kier molecular flexibility index (Phi) is 3.49. The van der Waals surface area contributed by atoms with E-state index in [-0.39, 0.29) is 6.03 Å². The number of urea groups is 1. The van der Waals surface area contributed by atoms with E-state index in [2.05, 4.69) is 15.9 Å². The van der Waals surface area contributed by atoms with Crippen LogP contribution in [-0.4, -0.2) is 25.0 Å². The first kappa shape index (κ1) is 11.0. The van der Waals surface area contributed by atoms with Crippen LogP contribution in [0.3, 0.4) is 0 Å². The number of nitrogens with zero attached hydrogens (tertiary/aromatic N) is 2. The van der Waals surface area contributed by atoms with Gasteiger partial charge in [0.25, 0.3) is 0 Å². The molecular formula is C9H12BrN3O. The van der Waals surface area contributed by atoms with Gasteiger partial charge in [-0.25, -0.2) is 15.6 Å². The van der Waals surface area contributed by atoms with E-state index in [0.717, 1.165) is 9.48 Å². The Morgan fingerprint density at radius 3 is 2.21 bits per heavy atom. The van der Waals surface area contributed by atoms with Crippen molar-refractivity contribution in [3.8, 4) is 0 Å². The Morgan fingerprint density at radius 2 is 1.79 bits per heavy atom. The smallest absolute Gasteiger partial charge is 0.329 e. The first-order chi connectivity index (χ1) is 6.52. The predicted octanol–water partition coefficient (Wildman–Crippen LogP) is 1.81. The van der Waals surface area contributed by atoms with Crippen molar-refractivity contribution < 1.29 is 4.79 Å². The fraction of sp³-hybridized carbons (Fsp3) is 0.222. The summed E-state index contributed by atoms with van der Waals surface area (Å²) >= 11 is 3.31. The van der Waals surface area contributed by atoms with Gasteiger partial charge in [-0.3, -0.25) is 0 Å². The summed E-state index contributed by atoms with van der Waals surface area (Å²) in [6.07, 6.45) is 0. The molecule has 0 heterocycles. The lowest BCUT2D eigenvalue weighted by Crippen LogP contribution is -2.44. The summed E-state index contributed by atoms with van der Waals surface area (Å²) in [6, 6.07) is 6.94. The number of carbonyl (C=O) groups is 1. The molecule has 0 bridgehead atoms. The van der Waals surface area contributed by atoms with Crippen LogP contribution >= 0.6 is 15.9 Å². The summed E-state index contributed by atoms with van der Waals surface area (Å²) in [5, 5.41) is 1.10. The lowest BCUT2D eigenvalue weighted by atomic mass is 10.3. The first-order valence-corrected chi connectivity index (χ1v) is 4.83. The molecule has 2 N–H and O–H groups in total. The van der Waals surface area contributed by atoms with Crippen LogP contribution in [-0.2, 0) is 0 Å². The molecule has 4 nitrogen and oxygen atoms in total. The third kappa shape index (κ3) is 2.46. The molecule has 0 saturated heterocycles. The maximum atomic E-state index is 11.4. The minimum absolute atomic E-state index is 0.257. The Bertz CT molecular complexity index is 323. The maximum absolute atomic E-state index is 11.4. The van der Waals surface area contributed by atoms with Crippen molar-refractivity contribution in [2.45, 2.75) is 0 Å². The van der Waals surface area contributed by atoms with Gasteiger partial charge in [-0.05, 0) is 24.3 Å². The van der Waals surface area contributed by atoms with Crippen LogP contribution in [0.1, 0.15) is 0 Å². The number of hydrogen-bond donors (Lipinski definition) is 1. The highest BCUT2D eigenvalue weighted by Gasteiger charge is 2.12. The first-order valence-electron chi connectivity index (χ1n) is 4.04.